The topological polar surface area (TPSA) is 167 Å². The third kappa shape index (κ3) is 3.85. The second-order valence-electron chi connectivity index (χ2n) is 3.76. The van der Waals surface area contributed by atoms with Crippen molar-refractivity contribution in [3.05, 3.63) is 32.4 Å². The van der Waals surface area contributed by atoms with Crippen molar-refractivity contribution in [2.24, 2.45) is 0 Å². The Morgan fingerprint density at radius 2 is 1.67 bits per heavy atom. The van der Waals surface area contributed by atoms with Crippen molar-refractivity contribution in [1.29, 1.82) is 0 Å². The van der Waals surface area contributed by atoms with E-state index in [-0.39, 0.29) is 0 Å². The molecule has 0 aromatic heterocycles. The number of hydrogen-bond donors (Lipinski definition) is 1. The summed E-state index contributed by atoms with van der Waals surface area (Å²) >= 11 is 0. The Bertz CT molecular complexity index is 690. The van der Waals surface area contributed by atoms with Crippen molar-refractivity contribution in [2.45, 2.75) is 4.90 Å². The molecule has 0 unspecified atom stereocenters. The molecule has 0 spiro atoms. The van der Waals surface area contributed by atoms with Crippen LogP contribution < -0.4 is 4.74 Å². The summed E-state index contributed by atoms with van der Waals surface area (Å²) in [4.78, 5) is 29.3. The lowest BCUT2D eigenvalue weighted by atomic mass is 10.2. The fourth-order valence-corrected chi connectivity index (χ4v) is 1.99. The first kappa shape index (κ1) is 16.3. The molecule has 21 heavy (non-hydrogen) atoms. The van der Waals surface area contributed by atoms with Gasteiger partial charge in [0.15, 0.2) is 16.4 Å². The molecule has 0 saturated heterocycles. The fraction of sp³-hybridized carbons (Fsp3) is 0.222. The zero-order chi connectivity index (χ0) is 16.4. The summed E-state index contributed by atoms with van der Waals surface area (Å²) in [6, 6.07) is 1.14. The highest BCUT2D eigenvalue weighted by molar-refractivity contribution is 7.90. The van der Waals surface area contributed by atoms with Crippen LogP contribution in [0, 0.1) is 20.2 Å². The van der Waals surface area contributed by atoms with Crippen molar-refractivity contribution in [3.63, 3.8) is 0 Å². The van der Waals surface area contributed by atoms with Crippen LogP contribution in [0.4, 0.5) is 11.4 Å². The van der Waals surface area contributed by atoms with E-state index in [0.717, 1.165) is 0 Å². The lowest BCUT2D eigenvalue weighted by Gasteiger charge is -2.07. The van der Waals surface area contributed by atoms with E-state index in [1.807, 2.05) is 0 Å². The number of nitrogens with zero attached hydrogens (tertiary/aromatic N) is 2. The van der Waals surface area contributed by atoms with Crippen LogP contribution in [0.2, 0.25) is 0 Å². The molecule has 0 bridgehead atoms. The summed E-state index contributed by atoms with van der Waals surface area (Å²) in [5, 5.41) is 30.2. The van der Waals surface area contributed by atoms with Gasteiger partial charge in [-0.2, -0.15) is 0 Å². The Balaban J connectivity index is 3.62. The van der Waals surface area contributed by atoms with Crippen LogP contribution in [-0.2, 0) is 14.6 Å². The molecule has 0 radical (unpaired) electrons. The molecule has 11 nitrogen and oxygen atoms in total. The summed E-state index contributed by atoms with van der Waals surface area (Å²) in [5.41, 5.74) is -2.02. The minimum absolute atomic E-state index is 0.569. The van der Waals surface area contributed by atoms with E-state index < -0.39 is 54.3 Å². The van der Waals surface area contributed by atoms with Crippen molar-refractivity contribution in [2.75, 3.05) is 12.9 Å². The van der Waals surface area contributed by atoms with Gasteiger partial charge in [0.2, 0.25) is 0 Å². The molecule has 1 aromatic rings. The number of aliphatic carboxylic acids is 1. The maximum absolute atomic E-state index is 11.4. The number of hydrogen-bond acceptors (Lipinski definition) is 8. The first-order chi connectivity index (χ1) is 9.54. The van der Waals surface area contributed by atoms with E-state index in [0.29, 0.717) is 18.4 Å². The molecule has 0 aliphatic rings. The van der Waals surface area contributed by atoms with Crippen LogP contribution in [0.1, 0.15) is 0 Å². The zero-order valence-corrected chi connectivity index (χ0v) is 11.2. The lowest BCUT2D eigenvalue weighted by Crippen LogP contribution is -2.12. The van der Waals surface area contributed by atoms with Gasteiger partial charge in [0.05, 0.1) is 14.7 Å². The summed E-state index contributed by atoms with van der Waals surface area (Å²) in [6.45, 7) is -1.06. The normalized spacial score (nSPS) is 10.9. The van der Waals surface area contributed by atoms with Gasteiger partial charge in [-0.25, -0.2) is 13.2 Å². The summed E-state index contributed by atoms with van der Waals surface area (Å²) < 4.78 is 27.3. The molecule has 1 rings (SSSR count). The number of sulfone groups is 1. The highest BCUT2D eigenvalue weighted by Crippen LogP contribution is 2.39. The van der Waals surface area contributed by atoms with Gasteiger partial charge in [0.25, 0.3) is 5.75 Å². The minimum Gasteiger partial charge on any atom is -0.479 e. The molecular formula is C9H8N2O9S. The first-order valence-electron chi connectivity index (χ1n) is 5.05. The summed E-state index contributed by atoms with van der Waals surface area (Å²) in [7, 11) is -3.94. The number of carbonyl (C=O) groups is 1. The van der Waals surface area contributed by atoms with Gasteiger partial charge in [-0.05, 0) is 0 Å². The summed E-state index contributed by atoms with van der Waals surface area (Å²) in [5.74, 6) is -2.43. The molecule has 1 aromatic carbocycles. The molecular weight excluding hydrogens is 312 g/mol. The number of carboxylic acid groups (broad SMARTS) is 1. The average molecular weight is 320 g/mol. The first-order valence-corrected chi connectivity index (χ1v) is 6.94. The van der Waals surface area contributed by atoms with Crippen molar-refractivity contribution < 1.29 is 32.9 Å². The van der Waals surface area contributed by atoms with Gasteiger partial charge >= 0.3 is 17.3 Å². The van der Waals surface area contributed by atoms with E-state index >= 15 is 0 Å². The molecule has 0 aliphatic carbocycles. The fourth-order valence-electron chi connectivity index (χ4n) is 1.34. The van der Waals surface area contributed by atoms with Crippen LogP contribution in [0.25, 0.3) is 0 Å². The van der Waals surface area contributed by atoms with Gasteiger partial charge in [-0.3, -0.25) is 20.2 Å². The average Bonchev–Trinajstić information content (AvgIpc) is 2.33. The highest BCUT2D eigenvalue weighted by atomic mass is 32.2. The van der Waals surface area contributed by atoms with Crippen LogP contribution in [0.5, 0.6) is 5.75 Å². The van der Waals surface area contributed by atoms with Crippen LogP contribution in [-0.4, -0.2) is 42.2 Å². The number of rotatable bonds is 6. The Morgan fingerprint density at radius 1 is 1.24 bits per heavy atom. The number of carboxylic acids is 1. The van der Waals surface area contributed by atoms with Gasteiger partial charge < -0.3 is 9.84 Å². The molecule has 0 amide bonds. The quantitative estimate of drug-likeness (QED) is 0.575. The molecule has 12 heteroatoms. The zero-order valence-electron chi connectivity index (χ0n) is 10.4. The van der Waals surface area contributed by atoms with Crippen LogP contribution in [0.15, 0.2) is 17.0 Å². The van der Waals surface area contributed by atoms with E-state index in [4.69, 9.17) is 5.11 Å². The number of nitro groups is 2. The molecule has 0 saturated carbocycles. The maximum Gasteiger partial charge on any atom is 0.341 e. The van der Waals surface area contributed by atoms with E-state index in [2.05, 4.69) is 4.74 Å². The van der Waals surface area contributed by atoms with Crippen molar-refractivity contribution in [3.8, 4) is 5.75 Å². The summed E-state index contributed by atoms with van der Waals surface area (Å²) in [6.07, 6.45) is 0.716. The lowest BCUT2D eigenvalue weighted by molar-refractivity contribution is -0.396. The van der Waals surface area contributed by atoms with Crippen molar-refractivity contribution >= 4 is 27.2 Å². The third-order valence-corrected chi connectivity index (χ3v) is 3.28. The van der Waals surface area contributed by atoms with Crippen LogP contribution >= 0.6 is 0 Å². The van der Waals surface area contributed by atoms with Crippen molar-refractivity contribution in [1.82, 2.24) is 0 Å². The van der Waals surface area contributed by atoms with Gasteiger partial charge in [0, 0.05) is 18.4 Å². The smallest absolute Gasteiger partial charge is 0.341 e. The predicted octanol–water partition coefficient (Wildman–Crippen LogP) is 0.370. The van der Waals surface area contributed by atoms with Gasteiger partial charge in [-0.1, -0.05) is 0 Å². The molecule has 1 N–H and O–H groups in total. The molecule has 0 heterocycles. The second kappa shape index (κ2) is 5.70. The number of ether oxygens (including phenoxy) is 1. The molecule has 0 fully saturated rings. The highest BCUT2D eigenvalue weighted by Gasteiger charge is 2.31. The molecule has 0 aliphatic heterocycles. The number of nitro benzene ring substituents is 2. The third-order valence-electron chi connectivity index (χ3n) is 2.18. The van der Waals surface area contributed by atoms with Gasteiger partial charge in [-0.15, -0.1) is 0 Å². The van der Waals surface area contributed by atoms with E-state index in [1.165, 1.54) is 0 Å². The second-order valence-corrected chi connectivity index (χ2v) is 5.78. The van der Waals surface area contributed by atoms with Crippen LogP contribution in [0.3, 0.4) is 0 Å². The maximum atomic E-state index is 11.4. The minimum atomic E-state index is -3.94. The molecule has 0 atom stereocenters. The van der Waals surface area contributed by atoms with E-state index in [1.54, 1.807) is 0 Å². The molecule has 114 valence electrons. The Hall–Kier alpha value is -2.76. The largest absolute Gasteiger partial charge is 0.479 e. The number of benzene rings is 1. The Kier molecular flexibility index (Phi) is 4.42. The standard InChI is InChI=1S/C9H8N2O9S/c1-21(18,19)5-2-6(10(14)15)9(20-4-8(12)13)7(3-5)11(16)17/h2-3H,4H2,1H3,(H,12,13). The monoisotopic (exact) mass is 320 g/mol. The van der Waals surface area contributed by atoms with Gasteiger partial charge in [0.1, 0.15) is 0 Å². The Morgan fingerprint density at radius 3 is 1.95 bits per heavy atom. The predicted molar refractivity (Wildman–Crippen MR) is 66.0 cm³/mol. The van der Waals surface area contributed by atoms with E-state index in [9.17, 15) is 33.4 Å². The SMILES string of the molecule is CS(=O)(=O)c1cc([N+](=O)[O-])c(OCC(=O)O)c([N+](=O)[O-])c1. The Labute approximate surface area is 117 Å².